The van der Waals surface area contributed by atoms with Crippen LogP contribution in [0, 0.1) is 24.0 Å². The third-order valence-electron chi connectivity index (χ3n) is 7.30. The minimum atomic E-state index is -0.774. The Morgan fingerprint density at radius 3 is 2.60 bits per heavy atom. The van der Waals surface area contributed by atoms with E-state index in [2.05, 4.69) is 4.99 Å². The fraction of sp³-hybridized carbons (Fsp3) is 0.233. The summed E-state index contributed by atoms with van der Waals surface area (Å²) in [6.45, 7) is 7.60. The molecule has 6 rings (SSSR count). The summed E-state index contributed by atoms with van der Waals surface area (Å²) in [5, 5.41) is 11.1. The number of esters is 1. The summed E-state index contributed by atoms with van der Waals surface area (Å²) in [5.41, 5.74) is 4.49. The monoisotopic (exact) mass is 586 g/mol. The first-order chi connectivity index (χ1) is 20.2. The van der Waals surface area contributed by atoms with Crippen molar-refractivity contribution in [2.45, 2.75) is 33.7 Å². The quantitative estimate of drug-likeness (QED) is 0.191. The lowest BCUT2D eigenvalue weighted by Gasteiger charge is -2.24. The van der Waals surface area contributed by atoms with Crippen LogP contribution in [0.15, 0.2) is 69.6 Å². The summed E-state index contributed by atoms with van der Waals surface area (Å²) in [5.74, 6) is 0.585. The molecule has 0 unspecified atom stereocenters. The Morgan fingerprint density at radius 1 is 1.14 bits per heavy atom. The van der Waals surface area contributed by atoms with Gasteiger partial charge in [-0.1, -0.05) is 17.4 Å². The van der Waals surface area contributed by atoms with Crippen LogP contribution in [-0.4, -0.2) is 33.4 Å². The van der Waals surface area contributed by atoms with Crippen molar-refractivity contribution >= 4 is 29.1 Å². The van der Waals surface area contributed by atoms with Gasteiger partial charge < -0.3 is 18.8 Å². The summed E-state index contributed by atoms with van der Waals surface area (Å²) in [6.07, 6.45) is 1.81. The molecule has 0 spiro atoms. The third kappa shape index (κ3) is 4.49. The number of nitro groups is 1. The summed E-state index contributed by atoms with van der Waals surface area (Å²) >= 11 is 1.24. The minimum absolute atomic E-state index is 0.0111. The zero-order valence-corrected chi connectivity index (χ0v) is 24.1. The molecule has 0 saturated carbocycles. The van der Waals surface area contributed by atoms with E-state index in [4.69, 9.17) is 14.2 Å². The maximum Gasteiger partial charge on any atom is 0.338 e. The molecule has 12 heteroatoms. The number of thiazole rings is 1. The highest BCUT2D eigenvalue weighted by atomic mass is 32.1. The van der Waals surface area contributed by atoms with Gasteiger partial charge in [0.1, 0.15) is 0 Å². The first-order valence-corrected chi connectivity index (χ1v) is 14.0. The van der Waals surface area contributed by atoms with Crippen LogP contribution in [0.3, 0.4) is 0 Å². The number of allylic oxidation sites excluding steroid dienone is 1. The Morgan fingerprint density at radius 2 is 1.88 bits per heavy atom. The van der Waals surface area contributed by atoms with Gasteiger partial charge >= 0.3 is 5.97 Å². The molecule has 0 bridgehead atoms. The molecule has 0 radical (unpaired) electrons. The van der Waals surface area contributed by atoms with Gasteiger partial charge in [-0.2, -0.15) is 0 Å². The van der Waals surface area contributed by atoms with Gasteiger partial charge in [0, 0.05) is 29.2 Å². The molecule has 4 heterocycles. The predicted octanol–water partition coefficient (Wildman–Crippen LogP) is 3.84. The zero-order chi connectivity index (χ0) is 29.7. The highest BCUT2D eigenvalue weighted by Crippen LogP contribution is 2.38. The van der Waals surface area contributed by atoms with E-state index in [1.54, 1.807) is 38.1 Å². The number of aryl methyl sites for hydroxylation is 1. The standard InChI is InChI=1S/C30H26N4O7S/c1-5-39-29(36)26-17(3)31-30-33(27(26)19-6-11-23-24(13-19)41-15-40-23)28(35)25(42-30)14-20-12-16(2)32(18(20)4)21-7-9-22(10-8-21)34(37)38/h6-14,27H,5,15H2,1-4H3/b25-14+/t27-/m0/s1. The van der Waals surface area contributed by atoms with E-state index in [1.165, 1.54) is 28.0 Å². The highest BCUT2D eigenvalue weighted by Gasteiger charge is 2.34. The van der Waals surface area contributed by atoms with E-state index in [9.17, 15) is 19.7 Å². The van der Waals surface area contributed by atoms with Gasteiger partial charge in [0.05, 0.1) is 33.4 Å². The number of fused-ring (bicyclic) bond motifs is 2. The fourth-order valence-corrected chi connectivity index (χ4v) is 6.42. The Kier molecular flexibility index (Phi) is 6.77. The minimum Gasteiger partial charge on any atom is -0.463 e. The summed E-state index contributed by atoms with van der Waals surface area (Å²) in [4.78, 5) is 43.0. The number of carbonyl (C=O) groups is 1. The summed E-state index contributed by atoms with van der Waals surface area (Å²) in [7, 11) is 0. The lowest BCUT2D eigenvalue weighted by molar-refractivity contribution is -0.384. The maximum absolute atomic E-state index is 14.0. The lowest BCUT2D eigenvalue weighted by Crippen LogP contribution is -2.39. The largest absolute Gasteiger partial charge is 0.463 e. The molecule has 2 aromatic heterocycles. The maximum atomic E-state index is 14.0. The Bertz CT molecular complexity index is 1980. The smallest absolute Gasteiger partial charge is 0.338 e. The van der Waals surface area contributed by atoms with Crippen LogP contribution in [0.2, 0.25) is 0 Å². The molecular formula is C30H26N4O7S. The second-order valence-electron chi connectivity index (χ2n) is 9.85. The van der Waals surface area contributed by atoms with Crippen molar-refractivity contribution in [3.8, 4) is 17.2 Å². The molecule has 0 N–H and O–H groups in total. The van der Waals surface area contributed by atoms with Crippen LogP contribution in [0.1, 0.15) is 42.4 Å². The number of carbonyl (C=O) groups excluding carboxylic acids is 1. The summed E-state index contributed by atoms with van der Waals surface area (Å²) in [6, 6.07) is 12.9. The lowest BCUT2D eigenvalue weighted by atomic mass is 9.95. The van der Waals surface area contributed by atoms with Gasteiger partial charge in [0.25, 0.3) is 11.2 Å². The number of hydrogen-bond acceptors (Lipinski definition) is 9. The Labute approximate surface area is 243 Å². The van der Waals surface area contributed by atoms with Crippen molar-refractivity contribution in [1.29, 1.82) is 0 Å². The van der Waals surface area contributed by atoms with Crippen LogP contribution in [0.4, 0.5) is 5.69 Å². The van der Waals surface area contributed by atoms with Gasteiger partial charge in [-0.05, 0) is 75.2 Å². The first-order valence-electron chi connectivity index (χ1n) is 13.2. The molecule has 0 fully saturated rings. The number of ether oxygens (including phenoxy) is 3. The molecule has 42 heavy (non-hydrogen) atoms. The SMILES string of the molecule is CCOC(=O)C1=C(C)N=c2s/c(=C/c3cc(C)n(-c4ccc([N+](=O)[O-])cc4)c3C)c(=O)n2[C@H]1c1ccc2c(c1)OCO2. The summed E-state index contributed by atoms with van der Waals surface area (Å²) < 4.78 is 20.4. The number of benzene rings is 2. The topological polar surface area (TPSA) is 127 Å². The van der Waals surface area contributed by atoms with Crippen molar-refractivity contribution in [3.63, 3.8) is 0 Å². The zero-order valence-electron chi connectivity index (χ0n) is 23.2. The average molecular weight is 587 g/mol. The number of non-ortho nitro benzene ring substituents is 1. The van der Waals surface area contributed by atoms with Crippen LogP contribution < -0.4 is 24.4 Å². The molecule has 214 valence electrons. The molecule has 1 atom stereocenters. The van der Waals surface area contributed by atoms with E-state index >= 15 is 0 Å². The van der Waals surface area contributed by atoms with Gasteiger partial charge in [-0.25, -0.2) is 9.79 Å². The molecule has 2 aliphatic heterocycles. The molecule has 0 amide bonds. The van der Waals surface area contributed by atoms with E-state index in [0.717, 1.165) is 22.6 Å². The number of hydrogen-bond donors (Lipinski definition) is 0. The number of nitrogens with zero attached hydrogens (tertiary/aromatic N) is 4. The van der Waals surface area contributed by atoms with E-state index in [1.807, 2.05) is 36.6 Å². The normalized spacial score (nSPS) is 15.9. The second kappa shape index (κ2) is 10.5. The fourth-order valence-electron chi connectivity index (χ4n) is 5.39. The van der Waals surface area contributed by atoms with Crippen molar-refractivity contribution in [2.75, 3.05) is 13.4 Å². The predicted molar refractivity (Wildman–Crippen MR) is 155 cm³/mol. The number of rotatable bonds is 6. The van der Waals surface area contributed by atoms with E-state index in [-0.39, 0.29) is 30.2 Å². The Balaban J connectivity index is 1.49. The van der Waals surface area contributed by atoms with Crippen LogP contribution in [-0.2, 0) is 9.53 Å². The van der Waals surface area contributed by atoms with Crippen molar-refractivity contribution in [3.05, 3.63) is 112 Å². The first kappa shape index (κ1) is 27.2. The Hall–Kier alpha value is -4.97. The third-order valence-corrected chi connectivity index (χ3v) is 8.29. The van der Waals surface area contributed by atoms with Gasteiger partial charge in [-0.3, -0.25) is 19.5 Å². The molecule has 4 aromatic rings. The highest BCUT2D eigenvalue weighted by molar-refractivity contribution is 7.07. The van der Waals surface area contributed by atoms with Crippen molar-refractivity contribution in [1.82, 2.24) is 9.13 Å². The second-order valence-corrected chi connectivity index (χ2v) is 10.9. The molecule has 11 nitrogen and oxygen atoms in total. The molecule has 0 saturated heterocycles. The molecule has 0 aliphatic carbocycles. The van der Waals surface area contributed by atoms with E-state index < -0.39 is 16.9 Å². The van der Waals surface area contributed by atoms with Gasteiger partial charge in [0.2, 0.25) is 6.79 Å². The van der Waals surface area contributed by atoms with Crippen molar-refractivity contribution < 1.29 is 23.9 Å². The van der Waals surface area contributed by atoms with Crippen LogP contribution >= 0.6 is 11.3 Å². The number of aromatic nitrogens is 2. The van der Waals surface area contributed by atoms with Gasteiger partial charge in [0.15, 0.2) is 16.3 Å². The average Bonchev–Trinajstić information content (AvgIpc) is 3.63. The van der Waals surface area contributed by atoms with E-state index in [0.29, 0.717) is 32.1 Å². The molecule has 2 aliphatic rings. The van der Waals surface area contributed by atoms with Crippen LogP contribution in [0.5, 0.6) is 11.5 Å². The molecular weight excluding hydrogens is 560 g/mol. The molecule has 2 aromatic carbocycles. The van der Waals surface area contributed by atoms with Crippen LogP contribution in [0.25, 0.3) is 11.8 Å². The van der Waals surface area contributed by atoms with Crippen molar-refractivity contribution in [2.24, 2.45) is 4.99 Å². The number of nitro benzene ring substituents is 1. The van der Waals surface area contributed by atoms with Gasteiger partial charge in [-0.15, -0.1) is 0 Å².